The average molecular weight is 233 g/mol. The monoisotopic (exact) mass is 233 g/mol. The molecule has 2 aromatic heterocycles. The highest BCUT2D eigenvalue weighted by molar-refractivity contribution is 5.91. The third kappa shape index (κ3) is 2.27. The van der Waals surface area contributed by atoms with Crippen LogP contribution in [0.3, 0.4) is 0 Å². The average Bonchev–Trinajstić information content (AvgIpc) is 2.70. The number of carbonyl (C=O) groups is 2. The normalized spacial score (nSPS) is 10.8. The number of nitrogens with one attached hydrogen (secondary N) is 1. The van der Waals surface area contributed by atoms with Crippen LogP contribution in [0.15, 0.2) is 12.4 Å². The van der Waals surface area contributed by atoms with Crippen LogP contribution in [0, 0.1) is 0 Å². The Kier molecular flexibility index (Phi) is 2.82. The van der Waals surface area contributed by atoms with Gasteiger partial charge in [-0.1, -0.05) is 0 Å². The molecule has 0 aliphatic rings. The zero-order valence-corrected chi connectivity index (χ0v) is 9.41. The number of fused-ring (bicyclic) bond motifs is 1. The second kappa shape index (κ2) is 4.28. The van der Waals surface area contributed by atoms with Gasteiger partial charge in [0, 0.05) is 18.4 Å². The van der Waals surface area contributed by atoms with E-state index in [1.165, 1.54) is 16.9 Å². The van der Waals surface area contributed by atoms with E-state index in [0.717, 1.165) is 0 Å². The third-order valence-electron chi connectivity index (χ3n) is 1.97. The van der Waals surface area contributed by atoms with Crippen molar-refractivity contribution in [2.75, 3.05) is 0 Å². The Morgan fingerprint density at radius 3 is 2.94 bits per heavy atom. The van der Waals surface area contributed by atoms with Gasteiger partial charge in [0.2, 0.25) is 5.82 Å². The molecule has 0 unspecified atom stereocenters. The van der Waals surface area contributed by atoms with Gasteiger partial charge in [0.05, 0.1) is 5.56 Å². The molecule has 1 amide bonds. The minimum Gasteiger partial charge on any atom is -0.347 e. The first-order valence-electron chi connectivity index (χ1n) is 5.08. The Bertz CT molecular complexity index is 575. The van der Waals surface area contributed by atoms with Gasteiger partial charge < -0.3 is 5.32 Å². The van der Waals surface area contributed by atoms with Crippen molar-refractivity contribution in [3.8, 4) is 0 Å². The number of carbonyl (C=O) groups excluding carboxylic acids is 2. The van der Waals surface area contributed by atoms with Crippen LogP contribution >= 0.6 is 0 Å². The fourth-order valence-corrected chi connectivity index (χ4v) is 1.28. The van der Waals surface area contributed by atoms with Crippen LogP contribution in [0.1, 0.15) is 34.8 Å². The maximum atomic E-state index is 11.6. The van der Waals surface area contributed by atoms with Crippen molar-refractivity contribution in [3.05, 3.63) is 23.8 Å². The molecule has 2 rings (SSSR count). The number of hydrogen-bond donors (Lipinski definition) is 1. The molecule has 0 aliphatic carbocycles. The standard InChI is InChI=1S/C10H11N5O2/c1-6(2)12-9(17)8-13-10-11-3-7(5-16)4-15(10)14-8/h3-6H,1-2H3,(H,12,17). The minimum absolute atomic E-state index is 0.00704. The van der Waals surface area contributed by atoms with Gasteiger partial charge >= 0.3 is 0 Å². The fraction of sp³-hybridized carbons (Fsp3) is 0.300. The van der Waals surface area contributed by atoms with Gasteiger partial charge in [-0.05, 0) is 13.8 Å². The molecule has 0 spiro atoms. The van der Waals surface area contributed by atoms with E-state index in [1.807, 2.05) is 13.8 Å². The highest BCUT2D eigenvalue weighted by Crippen LogP contribution is 2.00. The fourth-order valence-electron chi connectivity index (χ4n) is 1.28. The number of rotatable bonds is 3. The summed E-state index contributed by atoms with van der Waals surface area (Å²) < 4.78 is 1.30. The van der Waals surface area contributed by atoms with Crippen LogP contribution in [0.4, 0.5) is 0 Å². The van der Waals surface area contributed by atoms with Gasteiger partial charge in [0.1, 0.15) is 0 Å². The zero-order chi connectivity index (χ0) is 12.4. The molecule has 0 atom stereocenters. The lowest BCUT2D eigenvalue weighted by molar-refractivity contribution is 0.0932. The zero-order valence-electron chi connectivity index (χ0n) is 9.41. The van der Waals surface area contributed by atoms with Gasteiger partial charge in [-0.25, -0.2) is 9.50 Å². The molecular weight excluding hydrogens is 222 g/mol. The topological polar surface area (TPSA) is 89.2 Å². The van der Waals surface area contributed by atoms with Crippen LogP contribution in [0.2, 0.25) is 0 Å². The van der Waals surface area contributed by atoms with Crippen LogP contribution in [0.25, 0.3) is 5.78 Å². The van der Waals surface area contributed by atoms with E-state index in [1.54, 1.807) is 0 Å². The van der Waals surface area contributed by atoms with Crippen LogP contribution in [-0.2, 0) is 0 Å². The van der Waals surface area contributed by atoms with Crippen LogP contribution < -0.4 is 5.32 Å². The second-order valence-corrected chi connectivity index (χ2v) is 3.81. The lowest BCUT2D eigenvalue weighted by atomic mass is 10.4. The lowest BCUT2D eigenvalue weighted by Crippen LogP contribution is -2.30. The van der Waals surface area contributed by atoms with E-state index >= 15 is 0 Å². The highest BCUT2D eigenvalue weighted by Gasteiger charge is 2.14. The molecule has 17 heavy (non-hydrogen) atoms. The molecule has 88 valence electrons. The molecule has 1 N–H and O–H groups in total. The predicted octanol–water partition coefficient (Wildman–Crippen LogP) is 0.0750. The smallest absolute Gasteiger partial charge is 0.291 e. The van der Waals surface area contributed by atoms with Crippen LogP contribution in [-0.4, -0.2) is 37.8 Å². The maximum Gasteiger partial charge on any atom is 0.291 e. The molecule has 0 saturated carbocycles. The molecule has 7 nitrogen and oxygen atoms in total. The predicted molar refractivity (Wildman–Crippen MR) is 58.8 cm³/mol. The molecule has 0 saturated heterocycles. The third-order valence-corrected chi connectivity index (χ3v) is 1.97. The molecule has 7 heteroatoms. The molecule has 0 fully saturated rings. The molecule has 0 aliphatic heterocycles. The Hall–Kier alpha value is -2.31. The number of hydrogen-bond acceptors (Lipinski definition) is 5. The summed E-state index contributed by atoms with van der Waals surface area (Å²) in [5.74, 6) is -0.0445. The molecular formula is C10H11N5O2. The minimum atomic E-state index is -0.363. The first-order chi connectivity index (χ1) is 8.10. The summed E-state index contributed by atoms with van der Waals surface area (Å²) >= 11 is 0. The first-order valence-corrected chi connectivity index (χ1v) is 5.08. The van der Waals surface area contributed by atoms with Crippen molar-refractivity contribution in [3.63, 3.8) is 0 Å². The second-order valence-electron chi connectivity index (χ2n) is 3.81. The molecule has 0 bridgehead atoms. The van der Waals surface area contributed by atoms with Crippen molar-refractivity contribution in [2.24, 2.45) is 0 Å². The largest absolute Gasteiger partial charge is 0.347 e. The van der Waals surface area contributed by atoms with Crippen molar-refractivity contribution in [1.29, 1.82) is 0 Å². The SMILES string of the molecule is CC(C)NC(=O)c1nc2ncc(C=O)cn2n1. The number of aromatic nitrogens is 4. The summed E-state index contributed by atoms with van der Waals surface area (Å²) in [5.41, 5.74) is 0.373. The first kappa shape index (κ1) is 11.2. The van der Waals surface area contributed by atoms with E-state index in [-0.39, 0.29) is 23.6 Å². The molecule has 2 heterocycles. The Labute approximate surface area is 96.9 Å². The quantitative estimate of drug-likeness (QED) is 0.758. The summed E-state index contributed by atoms with van der Waals surface area (Å²) in [7, 11) is 0. The van der Waals surface area contributed by atoms with E-state index in [9.17, 15) is 9.59 Å². The summed E-state index contributed by atoms with van der Waals surface area (Å²) in [4.78, 5) is 30.1. The summed E-state index contributed by atoms with van der Waals surface area (Å²) in [6.45, 7) is 3.69. The Morgan fingerprint density at radius 2 is 2.29 bits per heavy atom. The Balaban J connectivity index is 2.37. The summed E-state index contributed by atoms with van der Waals surface area (Å²) in [6.07, 6.45) is 3.50. The number of nitrogens with zero attached hydrogens (tertiary/aromatic N) is 4. The van der Waals surface area contributed by atoms with Crippen LogP contribution in [0.5, 0.6) is 0 Å². The molecule has 2 aromatic rings. The van der Waals surface area contributed by atoms with Gasteiger partial charge in [-0.15, -0.1) is 5.10 Å². The Morgan fingerprint density at radius 1 is 1.53 bits per heavy atom. The van der Waals surface area contributed by atoms with Crippen molar-refractivity contribution < 1.29 is 9.59 Å². The van der Waals surface area contributed by atoms with E-state index in [0.29, 0.717) is 11.8 Å². The molecule has 0 aromatic carbocycles. The van der Waals surface area contributed by atoms with Crippen molar-refractivity contribution in [1.82, 2.24) is 24.9 Å². The summed E-state index contributed by atoms with van der Waals surface area (Å²) in [5, 5.41) is 6.62. The van der Waals surface area contributed by atoms with E-state index in [2.05, 4.69) is 20.4 Å². The van der Waals surface area contributed by atoms with Gasteiger partial charge in [-0.2, -0.15) is 4.98 Å². The van der Waals surface area contributed by atoms with Gasteiger partial charge in [-0.3, -0.25) is 9.59 Å². The summed E-state index contributed by atoms with van der Waals surface area (Å²) in [6, 6.07) is 0.00704. The van der Waals surface area contributed by atoms with Gasteiger partial charge in [0.25, 0.3) is 11.7 Å². The van der Waals surface area contributed by atoms with Crippen molar-refractivity contribution >= 4 is 18.0 Å². The van der Waals surface area contributed by atoms with Gasteiger partial charge in [0.15, 0.2) is 6.29 Å². The highest BCUT2D eigenvalue weighted by atomic mass is 16.2. The number of aldehydes is 1. The van der Waals surface area contributed by atoms with E-state index < -0.39 is 0 Å². The van der Waals surface area contributed by atoms with Crippen molar-refractivity contribution in [2.45, 2.75) is 19.9 Å². The van der Waals surface area contributed by atoms with E-state index in [4.69, 9.17) is 0 Å². The lowest BCUT2D eigenvalue weighted by Gasteiger charge is -2.03. The number of amides is 1. The molecule has 0 radical (unpaired) electrons. The maximum absolute atomic E-state index is 11.6.